The molecule has 5 N–H and O–H groups in total. The molecule has 560 valence electrons. The van der Waals surface area contributed by atoms with E-state index in [1.165, 1.54) is 119 Å². The topological polar surface area (TPSA) is 295 Å². The van der Waals surface area contributed by atoms with Crippen LogP contribution in [0.15, 0.2) is 12.2 Å². The van der Waals surface area contributed by atoms with Crippen molar-refractivity contribution >= 4 is 65.0 Å². The van der Waals surface area contributed by atoms with Crippen LogP contribution in [-0.2, 0) is 57.5 Å². The highest BCUT2D eigenvalue weighted by Gasteiger charge is 2.47. The van der Waals surface area contributed by atoms with Crippen molar-refractivity contribution in [2.45, 2.75) is 248 Å². The number of aliphatic hydroxyl groups excluding tert-OH is 1. The summed E-state index contributed by atoms with van der Waals surface area (Å²) in [7, 11) is 10.0. The van der Waals surface area contributed by atoms with Crippen molar-refractivity contribution < 1.29 is 62.6 Å². The van der Waals surface area contributed by atoms with Crippen molar-refractivity contribution in [2.75, 3.05) is 95.3 Å². The average molecular weight is 1380 g/mol. The Kier molecular flexibility index (Phi) is 34.8. The number of carbonyl (C=O) groups excluding carboxylic acids is 11. The molecule has 2 aliphatic heterocycles. The maximum atomic E-state index is 15.3. The quantitative estimate of drug-likeness (QED) is 0.0862. The number of ether oxygens (including phenoxy) is 1. The predicted molar refractivity (Wildman–Crippen MR) is 379 cm³/mol. The molecule has 0 spiro atoms. The molecule has 14 atom stereocenters. The molecule has 1 aliphatic carbocycles. The molecular formula is C72H129N13O13. The Balaban J connectivity index is 2.29. The smallest absolute Gasteiger partial charge is 0.246 e. The van der Waals surface area contributed by atoms with E-state index in [-0.39, 0.29) is 50.0 Å². The van der Waals surface area contributed by atoms with Crippen LogP contribution in [0.1, 0.15) is 169 Å². The van der Waals surface area contributed by atoms with Crippen molar-refractivity contribution in [3.8, 4) is 0 Å². The Morgan fingerprint density at radius 1 is 0.500 bits per heavy atom. The van der Waals surface area contributed by atoms with Gasteiger partial charge in [0.25, 0.3) is 0 Å². The van der Waals surface area contributed by atoms with Gasteiger partial charge in [0.1, 0.15) is 66.5 Å². The van der Waals surface area contributed by atoms with Crippen LogP contribution >= 0.6 is 0 Å². The summed E-state index contributed by atoms with van der Waals surface area (Å²) in [6.07, 6.45) is 6.55. The third-order valence-corrected chi connectivity index (χ3v) is 20.3. The lowest BCUT2D eigenvalue weighted by Gasteiger charge is -2.43. The lowest BCUT2D eigenvalue weighted by Crippen LogP contribution is -2.64. The summed E-state index contributed by atoms with van der Waals surface area (Å²) in [5.41, 5.74) is 0. The van der Waals surface area contributed by atoms with Gasteiger partial charge >= 0.3 is 0 Å². The van der Waals surface area contributed by atoms with Crippen LogP contribution in [0.25, 0.3) is 0 Å². The molecule has 26 nitrogen and oxygen atoms in total. The van der Waals surface area contributed by atoms with Crippen LogP contribution in [0.5, 0.6) is 0 Å². The predicted octanol–water partition coefficient (Wildman–Crippen LogP) is 3.43. The van der Waals surface area contributed by atoms with E-state index in [1.54, 1.807) is 54.5 Å². The van der Waals surface area contributed by atoms with Gasteiger partial charge in [-0.25, -0.2) is 0 Å². The van der Waals surface area contributed by atoms with Crippen molar-refractivity contribution in [1.82, 2.24) is 65.4 Å². The Bertz CT molecular complexity index is 2700. The number of piperazine rings is 1. The van der Waals surface area contributed by atoms with Crippen LogP contribution < -0.4 is 21.3 Å². The highest BCUT2D eigenvalue weighted by atomic mass is 16.5. The fraction of sp³-hybridized carbons (Fsp3) is 0.819. The van der Waals surface area contributed by atoms with Crippen LogP contribution in [-0.4, -0.2) is 288 Å². The van der Waals surface area contributed by atoms with E-state index < -0.39 is 161 Å². The molecule has 2 saturated heterocycles. The number of amides is 11. The molecule has 3 aliphatic rings. The number of hydrogen-bond donors (Lipinski definition) is 5. The van der Waals surface area contributed by atoms with E-state index in [0.29, 0.717) is 25.6 Å². The van der Waals surface area contributed by atoms with Crippen molar-refractivity contribution in [3.63, 3.8) is 0 Å². The first kappa shape index (κ1) is 86.0. The van der Waals surface area contributed by atoms with Crippen molar-refractivity contribution in [1.29, 1.82) is 0 Å². The molecule has 1 saturated carbocycles. The fourth-order valence-corrected chi connectivity index (χ4v) is 13.5. The number of aliphatic hydroxyl groups is 1. The molecule has 2 heterocycles. The minimum atomic E-state index is -1.64. The number of nitrogens with zero attached hydrogens (tertiary/aromatic N) is 9. The van der Waals surface area contributed by atoms with Crippen LogP contribution in [0, 0.1) is 41.4 Å². The fourth-order valence-electron chi connectivity index (χ4n) is 13.5. The number of allylic oxidation sites excluding steroid dienone is 2. The van der Waals surface area contributed by atoms with Crippen LogP contribution in [0.4, 0.5) is 0 Å². The van der Waals surface area contributed by atoms with Crippen LogP contribution in [0.3, 0.4) is 0 Å². The second kappa shape index (κ2) is 39.7. The molecule has 98 heavy (non-hydrogen) atoms. The van der Waals surface area contributed by atoms with E-state index >= 15 is 28.8 Å². The summed E-state index contributed by atoms with van der Waals surface area (Å²) < 4.78 is 6.30. The lowest BCUT2D eigenvalue weighted by atomic mass is 9.91. The molecule has 3 rings (SSSR count). The first-order chi connectivity index (χ1) is 45.7. The summed E-state index contributed by atoms with van der Waals surface area (Å²) >= 11 is 0. The molecule has 0 aromatic carbocycles. The number of likely N-dealkylation sites (N-methyl/N-ethyl adjacent to an activating group) is 7. The molecule has 0 aromatic rings. The van der Waals surface area contributed by atoms with Gasteiger partial charge in [-0.3, -0.25) is 62.5 Å². The third-order valence-electron chi connectivity index (χ3n) is 20.3. The number of nitrogens with one attached hydrogen (secondary N) is 4. The van der Waals surface area contributed by atoms with Gasteiger partial charge in [0.05, 0.1) is 19.3 Å². The molecule has 11 amide bonds. The second-order valence-corrected chi connectivity index (χ2v) is 30.3. The summed E-state index contributed by atoms with van der Waals surface area (Å²) in [6, 6.07) is -13.3. The standard InChI is InChI=1S/C72H129N13O13/c1-25-27-29-47(13)61(86)60-65(90)75-53(26-2)68(93)77(18)51(17)67(92)82(23)59(48(14)41-98-37-36-84-32-34-85(35-33-84)52-30-28-31-52)64(89)76-57(45(9)10)71(96)78(19)54(38-42(3)4)63(88)73-49(15)62(87)74-50(16)66(91)79(20)55(39-43(5)6)69(94)80(21)56(40-44(7)8)70(95)81(22)58(46(11)12)72(97)83(60)24/h25,27,42-61,86H,26,28-41H2,1-24H3,(H,73,88)(H,74,87)(H,75,90)(H,76,89)/b27-25+/t47-,48-,49+,50-,51-,53+,54+,55+,56+,57+,58+,59+,60+,61-/m1/s1. The minimum absolute atomic E-state index is 0.000991. The van der Waals surface area contributed by atoms with Gasteiger partial charge in [-0.15, -0.1) is 0 Å². The van der Waals surface area contributed by atoms with Gasteiger partial charge in [-0.2, -0.15) is 0 Å². The largest absolute Gasteiger partial charge is 0.390 e. The SMILES string of the molecule is C/C=C/C[C@@H](C)[C@@H](O)[C@H]1C(=O)N[C@@H](CC)C(=O)N(C)[C@H](C)C(=O)N(C)[C@@H]([C@H](C)COCCN2CCN(C3CCC3)CC2)C(=O)N[C@@H](C(C)C)C(=O)N(C)[C@@H](CC(C)C)C(=O)N[C@@H](C)C(=O)N[C@H](C)C(=O)N(C)[C@@H](CC(C)C)C(=O)N(C)[C@@H](CC(C)C)C(=O)N(C)[C@@H](C(C)C)C(=O)N1C. The number of carbonyl (C=O) groups is 11. The Hall–Kier alpha value is -6.25. The number of hydrogen-bond acceptors (Lipinski definition) is 15. The summed E-state index contributed by atoms with van der Waals surface area (Å²) in [6.45, 7) is 34.3. The highest BCUT2D eigenvalue weighted by molar-refractivity contribution is 6.00. The van der Waals surface area contributed by atoms with Gasteiger partial charge in [-0.1, -0.05) is 109 Å². The minimum Gasteiger partial charge on any atom is -0.390 e. The summed E-state index contributed by atoms with van der Waals surface area (Å²) in [5.74, 6) is -10.5. The zero-order valence-corrected chi connectivity index (χ0v) is 64.2. The van der Waals surface area contributed by atoms with E-state index in [1.807, 2.05) is 54.5 Å². The van der Waals surface area contributed by atoms with E-state index in [4.69, 9.17) is 4.74 Å². The molecular weight excluding hydrogens is 1250 g/mol. The number of rotatable bonds is 20. The Labute approximate surface area is 587 Å². The normalized spacial score (nSPS) is 28.2. The maximum absolute atomic E-state index is 15.3. The first-order valence-electron chi connectivity index (χ1n) is 36.1. The maximum Gasteiger partial charge on any atom is 0.246 e. The molecule has 3 fully saturated rings. The average Bonchev–Trinajstić information content (AvgIpc) is 0.810. The zero-order valence-electron chi connectivity index (χ0n) is 64.2. The van der Waals surface area contributed by atoms with Crippen LogP contribution in [0.2, 0.25) is 0 Å². The molecule has 0 radical (unpaired) electrons. The monoisotopic (exact) mass is 1380 g/mol. The van der Waals surface area contributed by atoms with Crippen molar-refractivity contribution in [3.05, 3.63) is 12.2 Å². The molecule has 0 bridgehead atoms. The van der Waals surface area contributed by atoms with Gasteiger partial charge in [0, 0.05) is 94.0 Å². The zero-order chi connectivity index (χ0) is 74.7. The first-order valence-corrected chi connectivity index (χ1v) is 36.1. The molecule has 0 aromatic heterocycles. The van der Waals surface area contributed by atoms with E-state index in [9.17, 15) is 29.1 Å². The second-order valence-electron chi connectivity index (χ2n) is 30.3. The molecule has 0 unspecified atom stereocenters. The summed E-state index contributed by atoms with van der Waals surface area (Å²) in [5, 5.41) is 23.4. The van der Waals surface area contributed by atoms with Gasteiger partial charge in [0.2, 0.25) is 65.0 Å². The summed E-state index contributed by atoms with van der Waals surface area (Å²) in [4.78, 5) is 177. The third kappa shape index (κ3) is 23.1. The highest BCUT2D eigenvalue weighted by Crippen LogP contribution is 2.28. The Morgan fingerprint density at radius 2 is 0.980 bits per heavy atom. The van der Waals surface area contributed by atoms with E-state index in [2.05, 4.69) is 31.1 Å². The van der Waals surface area contributed by atoms with Gasteiger partial charge in [0.15, 0.2) is 0 Å². The van der Waals surface area contributed by atoms with Gasteiger partial charge < -0.3 is 65.4 Å². The lowest BCUT2D eigenvalue weighted by molar-refractivity contribution is -0.157. The van der Waals surface area contributed by atoms with Gasteiger partial charge in [-0.05, 0) is 108 Å². The van der Waals surface area contributed by atoms with E-state index in [0.717, 1.165) is 31.1 Å². The van der Waals surface area contributed by atoms with Crippen molar-refractivity contribution in [2.24, 2.45) is 41.4 Å². The molecule has 26 heteroatoms. The Morgan fingerprint density at radius 3 is 1.47 bits per heavy atom.